The fourth-order valence-corrected chi connectivity index (χ4v) is 6.12. The van der Waals surface area contributed by atoms with Crippen molar-refractivity contribution in [3.63, 3.8) is 0 Å². The van der Waals surface area contributed by atoms with E-state index < -0.39 is 59.7 Å². The van der Waals surface area contributed by atoms with E-state index in [-0.39, 0.29) is 55.3 Å². The van der Waals surface area contributed by atoms with E-state index in [1.165, 1.54) is 48.9 Å². The summed E-state index contributed by atoms with van der Waals surface area (Å²) in [5, 5.41) is 43.4. The van der Waals surface area contributed by atoms with Gasteiger partial charge in [0, 0.05) is 37.6 Å². The highest BCUT2D eigenvalue weighted by molar-refractivity contribution is 5.98. The number of amides is 5. The van der Waals surface area contributed by atoms with Gasteiger partial charge in [-0.15, -0.1) is 0 Å². The number of rotatable bonds is 10. The van der Waals surface area contributed by atoms with Gasteiger partial charge in [0.1, 0.15) is 47.5 Å². The second-order valence-electron chi connectivity index (χ2n) is 13.8. The molecule has 0 radical (unpaired) electrons. The minimum atomic E-state index is -1.26. The number of benzene rings is 3. The van der Waals surface area contributed by atoms with Crippen LogP contribution in [0.5, 0.6) is 17.2 Å². The third-order valence-corrected chi connectivity index (χ3v) is 8.98. The molecule has 1 saturated heterocycles. The van der Waals surface area contributed by atoms with Crippen LogP contribution in [0.3, 0.4) is 0 Å². The van der Waals surface area contributed by atoms with Crippen molar-refractivity contribution in [3.8, 4) is 17.2 Å². The number of hydrogen-bond acceptors (Lipinski definition) is 9. The Morgan fingerprint density at radius 3 is 1.13 bits per heavy atom. The largest absolute Gasteiger partial charge is 0.508 e. The van der Waals surface area contributed by atoms with E-state index in [9.17, 15) is 39.3 Å². The molecule has 54 heavy (non-hydrogen) atoms. The fourth-order valence-electron chi connectivity index (χ4n) is 6.12. The molecule has 1 aliphatic rings. The number of phenols is 3. The molecule has 5 atom stereocenters. The number of nitrogens with zero attached hydrogens (tertiary/aromatic N) is 1. The Labute approximate surface area is 312 Å². The Kier molecular flexibility index (Phi) is 12.9. The van der Waals surface area contributed by atoms with E-state index in [1.54, 1.807) is 36.4 Å². The van der Waals surface area contributed by atoms with Gasteiger partial charge in [0.25, 0.3) is 0 Å². The van der Waals surface area contributed by atoms with Gasteiger partial charge < -0.3 is 46.9 Å². The normalized spacial score (nSPS) is 21.5. The highest BCUT2D eigenvalue weighted by Crippen LogP contribution is 2.16. The molecule has 5 rings (SSSR count). The van der Waals surface area contributed by atoms with Crippen molar-refractivity contribution in [1.82, 2.24) is 36.6 Å². The standard InChI is InChI=1S/C39H45N7O8/c1-22(2)15-30-35(50)43-33(18-25-7-13-29(49)14-8-25)38(53)46-34(19-26-20-40-21-41-26)39(54)45-32(17-24-5-11-28(48)12-6-24)37(52)44-31(36(51)42-30)16-23-3-9-27(47)10-4-23/h3-14,20-22,30-34,47-49H,15-19H2,1-2H3,(H,40,41)(H,42,51)(H,43,50)(H,44,52)(H,45,54)(H,46,53)/t30-,31-,32-,33-,34-/m0/s1. The van der Waals surface area contributed by atoms with Crippen molar-refractivity contribution in [3.05, 3.63) is 108 Å². The van der Waals surface area contributed by atoms with Crippen molar-refractivity contribution in [2.45, 2.75) is 76.2 Å². The second kappa shape index (κ2) is 17.9. The molecule has 9 N–H and O–H groups in total. The predicted molar refractivity (Wildman–Crippen MR) is 197 cm³/mol. The summed E-state index contributed by atoms with van der Waals surface area (Å²) in [6, 6.07) is 12.2. The van der Waals surface area contributed by atoms with Gasteiger partial charge in [0.2, 0.25) is 29.5 Å². The van der Waals surface area contributed by atoms with Crippen LogP contribution >= 0.6 is 0 Å². The molecule has 1 fully saturated rings. The topological polar surface area (TPSA) is 235 Å². The highest BCUT2D eigenvalue weighted by atomic mass is 16.3. The number of aromatic hydroxyl groups is 3. The van der Waals surface area contributed by atoms with Gasteiger partial charge in [-0.1, -0.05) is 50.2 Å². The lowest BCUT2D eigenvalue weighted by Crippen LogP contribution is -2.59. The van der Waals surface area contributed by atoms with E-state index in [0.717, 1.165) is 0 Å². The van der Waals surface area contributed by atoms with Crippen LogP contribution in [0.1, 0.15) is 42.7 Å². The molecule has 0 bridgehead atoms. The first-order valence-corrected chi connectivity index (χ1v) is 17.7. The molecule has 0 saturated carbocycles. The molecule has 1 aromatic heterocycles. The Morgan fingerprint density at radius 2 is 0.815 bits per heavy atom. The summed E-state index contributed by atoms with van der Waals surface area (Å²) in [6.45, 7) is 3.74. The molecular formula is C39H45N7O8. The molecule has 4 aromatic rings. The number of nitrogens with one attached hydrogen (secondary N) is 6. The molecular weight excluding hydrogens is 694 g/mol. The fraction of sp³-hybridized carbons (Fsp3) is 0.333. The van der Waals surface area contributed by atoms with Crippen LogP contribution in [0.4, 0.5) is 0 Å². The summed E-state index contributed by atoms with van der Waals surface area (Å²) in [5.41, 5.74) is 2.29. The molecule has 0 spiro atoms. The second-order valence-corrected chi connectivity index (χ2v) is 13.8. The molecule has 284 valence electrons. The zero-order chi connectivity index (χ0) is 38.8. The predicted octanol–water partition coefficient (Wildman–Crippen LogP) is 1.28. The number of carbonyl (C=O) groups excluding carboxylic acids is 5. The summed E-state index contributed by atoms with van der Waals surface area (Å²) in [4.78, 5) is 77.4. The smallest absolute Gasteiger partial charge is 0.243 e. The molecule has 1 aliphatic heterocycles. The van der Waals surface area contributed by atoms with Gasteiger partial charge in [0.05, 0.1) is 6.33 Å². The molecule has 15 nitrogen and oxygen atoms in total. The number of H-pyrrole nitrogens is 1. The van der Waals surface area contributed by atoms with Crippen molar-refractivity contribution in [1.29, 1.82) is 0 Å². The third-order valence-electron chi connectivity index (χ3n) is 8.98. The summed E-state index contributed by atoms with van der Waals surface area (Å²) in [7, 11) is 0. The molecule has 3 aromatic carbocycles. The Morgan fingerprint density at radius 1 is 0.500 bits per heavy atom. The average Bonchev–Trinajstić information content (AvgIpc) is 3.65. The van der Waals surface area contributed by atoms with E-state index in [1.807, 2.05) is 13.8 Å². The maximum atomic E-state index is 14.2. The zero-order valence-electron chi connectivity index (χ0n) is 29.9. The zero-order valence-corrected chi connectivity index (χ0v) is 29.9. The summed E-state index contributed by atoms with van der Waals surface area (Å²) in [5.74, 6) is -3.53. The Bertz CT molecular complexity index is 1900. The number of hydrogen-bond donors (Lipinski definition) is 9. The molecule has 0 aliphatic carbocycles. The van der Waals surface area contributed by atoms with Gasteiger partial charge in [-0.05, 0) is 65.4 Å². The first kappa shape index (κ1) is 38.8. The third kappa shape index (κ3) is 11.1. The summed E-state index contributed by atoms with van der Waals surface area (Å²) < 4.78 is 0. The van der Waals surface area contributed by atoms with Gasteiger partial charge in [-0.3, -0.25) is 24.0 Å². The quantitative estimate of drug-likeness (QED) is 0.114. The minimum absolute atomic E-state index is 0.00300. The minimum Gasteiger partial charge on any atom is -0.508 e. The van der Waals surface area contributed by atoms with Gasteiger partial charge in [-0.2, -0.15) is 0 Å². The maximum Gasteiger partial charge on any atom is 0.243 e. The van der Waals surface area contributed by atoms with E-state index in [0.29, 0.717) is 22.4 Å². The van der Waals surface area contributed by atoms with Crippen LogP contribution < -0.4 is 26.6 Å². The van der Waals surface area contributed by atoms with Crippen LogP contribution in [-0.4, -0.2) is 85.0 Å². The lowest BCUT2D eigenvalue weighted by Gasteiger charge is -2.27. The van der Waals surface area contributed by atoms with E-state index in [4.69, 9.17) is 0 Å². The number of imidazole rings is 1. The van der Waals surface area contributed by atoms with Crippen LogP contribution in [0.2, 0.25) is 0 Å². The average molecular weight is 740 g/mol. The first-order valence-electron chi connectivity index (χ1n) is 17.7. The highest BCUT2D eigenvalue weighted by Gasteiger charge is 2.35. The Balaban J connectivity index is 1.57. The maximum absolute atomic E-state index is 14.2. The number of aromatic amines is 1. The van der Waals surface area contributed by atoms with Gasteiger partial charge >= 0.3 is 0 Å². The van der Waals surface area contributed by atoms with Crippen LogP contribution in [0, 0.1) is 5.92 Å². The number of aromatic nitrogens is 2. The van der Waals surface area contributed by atoms with Crippen LogP contribution in [0.15, 0.2) is 85.3 Å². The lowest BCUT2D eigenvalue weighted by atomic mass is 9.99. The SMILES string of the molecule is CC(C)C[C@@H]1NC(=O)[C@H](Cc2ccc(O)cc2)NC(=O)[C@H](Cc2ccc(O)cc2)NC(=O)[C@H](Cc2cnc[nH]2)NC(=O)[C@H](Cc2ccc(O)cc2)NC1=O. The molecule has 15 heteroatoms. The van der Waals surface area contributed by atoms with Crippen LogP contribution in [-0.2, 0) is 49.7 Å². The Hall–Kier alpha value is -6.38. The van der Waals surface area contributed by atoms with E-state index >= 15 is 0 Å². The number of carbonyl (C=O) groups is 5. The van der Waals surface area contributed by atoms with Gasteiger partial charge in [-0.25, -0.2) is 4.98 Å². The van der Waals surface area contributed by atoms with Crippen LogP contribution in [0.25, 0.3) is 0 Å². The molecule has 2 heterocycles. The molecule has 5 amide bonds. The first-order chi connectivity index (χ1) is 25.8. The van der Waals surface area contributed by atoms with E-state index in [2.05, 4.69) is 36.6 Å². The van der Waals surface area contributed by atoms with Crippen molar-refractivity contribution < 1.29 is 39.3 Å². The van der Waals surface area contributed by atoms with Gasteiger partial charge in [0.15, 0.2) is 0 Å². The summed E-state index contributed by atoms with van der Waals surface area (Å²) in [6.07, 6.45) is 2.96. The lowest BCUT2D eigenvalue weighted by molar-refractivity contribution is -0.134. The summed E-state index contributed by atoms with van der Waals surface area (Å²) >= 11 is 0. The van der Waals surface area contributed by atoms with Crippen molar-refractivity contribution in [2.24, 2.45) is 5.92 Å². The monoisotopic (exact) mass is 739 g/mol. The number of phenolic OH excluding ortho intramolecular Hbond substituents is 3. The van der Waals surface area contributed by atoms with Crippen molar-refractivity contribution in [2.75, 3.05) is 0 Å². The van der Waals surface area contributed by atoms with Crippen molar-refractivity contribution >= 4 is 29.5 Å². The molecule has 0 unspecified atom stereocenters.